The fourth-order valence-corrected chi connectivity index (χ4v) is 2.69. The number of carbonyl (C=O) groups is 1. The van der Waals surface area contributed by atoms with Gasteiger partial charge in [-0.05, 0) is 51.1 Å². The lowest BCUT2D eigenvalue weighted by molar-refractivity contribution is -0.117. The lowest BCUT2D eigenvalue weighted by atomic mass is 10.1. The molecule has 1 aromatic carbocycles. The number of carbonyl (C=O) groups excluding carboxylic acids is 1. The molecule has 1 unspecified atom stereocenters. The second-order valence-electron chi connectivity index (χ2n) is 5.38. The number of halogens is 2. The van der Waals surface area contributed by atoms with Crippen molar-refractivity contribution in [2.24, 2.45) is 0 Å². The van der Waals surface area contributed by atoms with Crippen molar-refractivity contribution in [2.45, 2.75) is 25.8 Å². The van der Waals surface area contributed by atoms with Crippen molar-refractivity contribution in [2.75, 3.05) is 32.0 Å². The Morgan fingerprint density at radius 2 is 2.24 bits per heavy atom. The number of hydrogen-bond acceptors (Lipinski definition) is 3. The minimum Gasteiger partial charge on any atom is -0.325 e. The summed E-state index contributed by atoms with van der Waals surface area (Å²) in [4.78, 5) is 14.2. The molecule has 118 valence electrons. The third kappa shape index (κ3) is 5.47. The molecule has 1 fully saturated rings. The van der Waals surface area contributed by atoms with Crippen molar-refractivity contribution in [3.63, 3.8) is 0 Å². The Labute approximate surface area is 137 Å². The fraction of sp³-hybridized carbons (Fsp3) is 0.533. The van der Waals surface area contributed by atoms with E-state index in [1.807, 2.05) is 26.1 Å². The number of nitrogens with one attached hydrogen (secondary N) is 2. The molecule has 1 saturated heterocycles. The van der Waals surface area contributed by atoms with E-state index in [2.05, 4.69) is 15.5 Å². The lowest BCUT2D eigenvalue weighted by Crippen LogP contribution is -2.46. The maximum atomic E-state index is 12.1. The molecule has 0 aromatic heterocycles. The van der Waals surface area contributed by atoms with Crippen LogP contribution < -0.4 is 10.6 Å². The van der Waals surface area contributed by atoms with Crippen LogP contribution in [0.15, 0.2) is 18.2 Å². The molecule has 1 heterocycles. The van der Waals surface area contributed by atoms with Gasteiger partial charge >= 0.3 is 0 Å². The largest absolute Gasteiger partial charge is 0.325 e. The molecule has 1 aromatic rings. The number of hydrogen-bond donors (Lipinski definition) is 2. The van der Waals surface area contributed by atoms with Crippen LogP contribution in [0.4, 0.5) is 5.69 Å². The third-order valence-corrected chi connectivity index (χ3v) is 4.14. The highest BCUT2D eigenvalue weighted by Crippen LogP contribution is 2.20. The Morgan fingerprint density at radius 3 is 2.90 bits per heavy atom. The predicted octanol–water partition coefficient (Wildman–Crippen LogP) is 2.69. The summed E-state index contributed by atoms with van der Waals surface area (Å²) in [6, 6.07) is 6.08. The number of nitrogens with zero attached hydrogens (tertiary/aromatic N) is 1. The molecule has 21 heavy (non-hydrogen) atoms. The normalized spacial score (nSPS) is 18.9. The highest BCUT2D eigenvalue weighted by molar-refractivity contribution is 6.31. The molecule has 1 amide bonds. The lowest BCUT2D eigenvalue weighted by Gasteiger charge is -2.31. The van der Waals surface area contributed by atoms with Crippen LogP contribution in [-0.2, 0) is 4.79 Å². The first-order chi connectivity index (χ1) is 9.58. The van der Waals surface area contributed by atoms with E-state index >= 15 is 0 Å². The van der Waals surface area contributed by atoms with E-state index in [-0.39, 0.29) is 18.3 Å². The topological polar surface area (TPSA) is 44.4 Å². The van der Waals surface area contributed by atoms with E-state index in [1.54, 1.807) is 6.07 Å². The van der Waals surface area contributed by atoms with Gasteiger partial charge in [0.05, 0.1) is 6.54 Å². The minimum absolute atomic E-state index is 0. The summed E-state index contributed by atoms with van der Waals surface area (Å²) in [6.07, 6.45) is 2.32. The Hall–Kier alpha value is -0.810. The number of amides is 1. The Kier molecular flexibility index (Phi) is 7.46. The fourth-order valence-electron chi connectivity index (χ4n) is 2.51. The van der Waals surface area contributed by atoms with Crippen molar-refractivity contribution < 1.29 is 4.79 Å². The van der Waals surface area contributed by atoms with Gasteiger partial charge in [-0.15, -0.1) is 12.4 Å². The van der Waals surface area contributed by atoms with Crippen LogP contribution in [0.1, 0.15) is 18.4 Å². The van der Waals surface area contributed by atoms with Crippen LogP contribution >= 0.6 is 24.0 Å². The number of likely N-dealkylation sites (N-methyl/N-ethyl adjacent to an activating group) is 1. The van der Waals surface area contributed by atoms with Gasteiger partial charge in [-0.2, -0.15) is 0 Å². The number of likely N-dealkylation sites (tertiary alicyclic amines) is 1. The second-order valence-corrected chi connectivity index (χ2v) is 5.78. The Bertz CT molecular complexity index is 482. The van der Waals surface area contributed by atoms with Crippen molar-refractivity contribution in [1.82, 2.24) is 10.2 Å². The summed E-state index contributed by atoms with van der Waals surface area (Å²) in [5.74, 6) is 0.0154. The summed E-state index contributed by atoms with van der Waals surface area (Å²) in [5, 5.41) is 6.86. The summed E-state index contributed by atoms with van der Waals surface area (Å²) in [5.41, 5.74) is 1.77. The molecule has 1 aliphatic heterocycles. The molecule has 0 saturated carbocycles. The van der Waals surface area contributed by atoms with E-state index < -0.39 is 0 Å². The molecule has 0 spiro atoms. The van der Waals surface area contributed by atoms with Crippen LogP contribution in [0.3, 0.4) is 0 Å². The monoisotopic (exact) mass is 331 g/mol. The van der Waals surface area contributed by atoms with Crippen LogP contribution in [0.5, 0.6) is 0 Å². The van der Waals surface area contributed by atoms with Gasteiger partial charge in [-0.3, -0.25) is 9.69 Å². The number of aryl methyl sites for hydroxylation is 1. The highest BCUT2D eigenvalue weighted by atomic mass is 35.5. The van der Waals surface area contributed by atoms with Crippen molar-refractivity contribution in [1.29, 1.82) is 0 Å². The standard InChI is InChI=1S/C15H22ClN3O.ClH/c1-11-5-6-12(8-14(11)16)18-15(20)10-19-7-3-4-13(9-19)17-2;/h5-6,8,13,17H,3-4,7,9-10H2,1-2H3,(H,18,20);1H. The van der Waals surface area contributed by atoms with Crippen LogP contribution in [0.2, 0.25) is 5.02 Å². The SMILES string of the molecule is CNC1CCCN(CC(=O)Nc2ccc(C)c(Cl)c2)C1.Cl. The van der Waals surface area contributed by atoms with Crippen molar-refractivity contribution >= 4 is 35.6 Å². The molecular formula is C15H23Cl2N3O. The molecule has 0 aliphatic carbocycles. The average molecular weight is 332 g/mol. The molecule has 1 aliphatic rings. The van der Waals surface area contributed by atoms with Crippen LogP contribution in [-0.4, -0.2) is 43.5 Å². The molecule has 2 rings (SSSR count). The molecular weight excluding hydrogens is 309 g/mol. The van der Waals surface area contributed by atoms with Crippen LogP contribution in [0.25, 0.3) is 0 Å². The summed E-state index contributed by atoms with van der Waals surface area (Å²) in [6.45, 7) is 4.29. The molecule has 0 bridgehead atoms. The zero-order valence-corrected chi connectivity index (χ0v) is 14.1. The van der Waals surface area contributed by atoms with Gasteiger partial charge in [-0.25, -0.2) is 0 Å². The maximum Gasteiger partial charge on any atom is 0.238 e. The predicted molar refractivity (Wildman–Crippen MR) is 90.6 cm³/mol. The first-order valence-electron chi connectivity index (χ1n) is 7.04. The summed E-state index contributed by atoms with van der Waals surface area (Å²) in [7, 11) is 1.97. The quantitative estimate of drug-likeness (QED) is 0.891. The maximum absolute atomic E-state index is 12.1. The van der Waals surface area contributed by atoms with Gasteiger partial charge in [0, 0.05) is 23.3 Å². The van der Waals surface area contributed by atoms with Crippen molar-refractivity contribution in [3.05, 3.63) is 28.8 Å². The van der Waals surface area contributed by atoms with Gasteiger partial charge in [0.25, 0.3) is 0 Å². The number of anilines is 1. The Balaban J connectivity index is 0.00000220. The van der Waals surface area contributed by atoms with E-state index in [1.165, 1.54) is 6.42 Å². The molecule has 1 atom stereocenters. The summed E-state index contributed by atoms with van der Waals surface area (Å²) >= 11 is 6.06. The first kappa shape index (κ1) is 18.2. The van der Waals surface area contributed by atoms with Gasteiger partial charge in [0.1, 0.15) is 0 Å². The first-order valence-corrected chi connectivity index (χ1v) is 7.42. The van der Waals surface area contributed by atoms with E-state index in [9.17, 15) is 4.79 Å². The average Bonchev–Trinajstić information content (AvgIpc) is 2.43. The van der Waals surface area contributed by atoms with Gasteiger partial charge < -0.3 is 10.6 Å². The molecule has 6 heteroatoms. The number of rotatable bonds is 4. The van der Waals surface area contributed by atoms with Gasteiger partial charge in [0.15, 0.2) is 0 Å². The van der Waals surface area contributed by atoms with E-state index in [0.29, 0.717) is 17.6 Å². The zero-order valence-electron chi connectivity index (χ0n) is 12.5. The van der Waals surface area contributed by atoms with Crippen LogP contribution in [0, 0.1) is 6.92 Å². The van der Waals surface area contributed by atoms with Gasteiger partial charge in [0.2, 0.25) is 5.91 Å². The zero-order chi connectivity index (χ0) is 14.5. The highest BCUT2D eigenvalue weighted by Gasteiger charge is 2.20. The summed E-state index contributed by atoms with van der Waals surface area (Å²) < 4.78 is 0. The van der Waals surface area contributed by atoms with E-state index in [4.69, 9.17) is 11.6 Å². The Morgan fingerprint density at radius 1 is 1.48 bits per heavy atom. The van der Waals surface area contributed by atoms with Crippen molar-refractivity contribution in [3.8, 4) is 0 Å². The number of benzene rings is 1. The molecule has 0 radical (unpaired) electrons. The second kappa shape index (κ2) is 8.59. The minimum atomic E-state index is 0. The number of piperidine rings is 1. The van der Waals surface area contributed by atoms with E-state index in [0.717, 1.165) is 30.8 Å². The smallest absolute Gasteiger partial charge is 0.238 e. The molecule has 4 nitrogen and oxygen atoms in total. The third-order valence-electron chi connectivity index (χ3n) is 3.74. The van der Waals surface area contributed by atoms with Gasteiger partial charge in [-0.1, -0.05) is 17.7 Å². The molecule has 2 N–H and O–H groups in total.